The van der Waals surface area contributed by atoms with E-state index in [1.807, 2.05) is 63.4 Å². The molecule has 3 rings (SSSR count). The van der Waals surface area contributed by atoms with Crippen LogP contribution in [0.15, 0.2) is 42.6 Å². The SMILES string of the molecule is CC(C)(C)NC(=O)NCC(=O)N1CCn2cccc2[C@H]1c1ccccc1Cl. The van der Waals surface area contributed by atoms with E-state index in [0.717, 1.165) is 11.3 Å². The molecule has 0 saturated heterocycles. The van der Waals surface area contributed by atoms with Gasteiger partial charge in [0.05, 0.1) is 12.6 Å². The van der Waals surface area contributed by atoms with Crippen molar-refractivity contribution < 1.29 is 9.59 Å². The summed E-state index contributed by atoms with van der Waals surface area (Å²) < 4.78 is 2.14. The highest BCUT2D eigenvalue weighted by atomic mass is 35.5. The molecule has 1 atom stereocenters. The molecule has 0 radical (unpaired) electrons. The summed E-state index contributed by atoms with van der Waals surface area (Å²) in [6.07, 6.45) is 2.01. The molecule has 2 heterocycles. The summed E-state index contributed by atoms with van der Waals surface area (Å²) in [6.45, 7) is 6.87. The predicted octanol–water partition coefficient (Wildman–Crippen LogP) is 3.17. The fourth-order valence-corrected chi connectivity index (χ4v) is 3.56. The number of halogens is 1. The second kappa shape index (κ2) is 7.64. The number of aromatic nitrogens is 1. The Morgan fingerprint density at radius 1 is 1.15 bits per heavy atom. The Bertz CT molecular complexity index is 841. The van der Waals surface area contributed by atoms with Crippen LogP contribution < -0.4 is 10.6 Å². The van der Waals surface area contributed by atoms with Gasteiger partial charge in [-0.3, -0.25) is 4.79 Å². The van der Waals surface area contributed by atoms with Gasteiger partial charge in [-0.1, -0.05) is 29.8 Å². The molecule has 0 aliphatic carbocycles. The molecule has 0 saturated carbocycles. The summed E-state index contributed by atoms with van der Waals surface area (Å²) in [4.78, 5) is 26.7. The number of benzene rings is 1. The highest BCUT2D eigenvalue weighted by Crippen LogP contribution is 2.35. The molecule has 0 bridgehead atoms. The Kier molecular flexibility index (Phi) is 5.46. The van der Waals surface area contributed by atoms with Crippen LogP contribution in [0.1, 0.15) is 38.1 Å². The van der Waals surface area contributed by atoms with Crippen molar-refractivity contribution in [2.75, 3.05) is 13.1 Å². The summed E-state index contributed by atoms with van der Waals surface area (Å²) in [5.74, 6) is -0.142. The van der Waals surface area contributed by atoms with Crippen LogP contribution >= 0.6 is 11.6 Å². The number of hydrogen-bond donors (Lipinski definition) is 2. The third-order valence-corrected chi connectivity index (χ3v) is 4.79. The molecule has 0 unspecified atom stereocenters. The van der Waals surface area contributed by atoms with Gasteiger partial charge in [-0.25, -0.2) is 4.79 Å². The molecule has 27 heavy (non-hydrogen) atoms. The van der Waals surface area contributed by atoms with E-state index in [1.165, 1.54) is 0 Å². The van der Waals surface area contributed by atoms with Crippen LogP contribution in [0.5, 0.6) is 0 Å². The molecule has 1 aliphatic heterocycles. The number of amides is 3. The van der Waals surface area contributed by atoms with Gasteiger partial charge in [0.1, 0.15) is 0 Å². The Labute approximate surface area is 164 Å². The number of carbonyl (C=O) groups excluding carboxylic acids is 2. The van der Waals surface area contributed by atoms with Crippen LogP contribution in [-0.4, -0.2) is 40.0 Å². The maximum Gasteiger partial charge on any atom is 0.315 e. The zero-order valence-electron chi connectivity index (χ0n) is 15.8. The normalized spacial score (nSPS) is 16.6. The van der Waals surface area contributed by atoms with Gasteiger partial charge in [0.2, 0.25) is 5.91 Å². The molecule has 7 heteroatoms. The maximum atomic E-state index is 12.9. The van der Waals surface area contributed by atoms with Crippen LogP contribution in [0.3, 0.4) is 0 Å². The van der Waals surface area contributed by atoms with Crippen LogP contribution in [0, 0.1) is 0 Å². The molecular formula is C20H25ClN4O2. The lowest BCUT2D eigenvalue weighted by atomic mass is 9.99. The van der Waals surface area contributed by atoms with E-state index in [4.69, 9.17) is 11.6 Å². The summed E-state index contributed by atoms with van der Waals surface area (Å²) in [5, 5.41) is 6.07. The molecule has 6 nitrogen and oxygen atoms in total. The molecule has 1 aromatic heterocycles. The van der Waals surface area contributed by atoms with Gasteiger partial charge in [0.25, 0.3) is 0 Å². The van der Waals surface area contributed by atoms with Gasteiger partial charge in [0.15, 0.2) is 0 Å². The number of hydrogen-bond acceptors (Lipinski definition) is 2. The third kappa shape index (κ3) is 4.45. The van der Waals surface area contributed by atoms with E-state index >= 15 is 0 Å². The predicted molar refractivity (Wildman–Crippen MR) is 106 cm³/mol. The van der Waals surface area contributed by atoms with Crippen molar-refractivity contribution in [3.63, 3.8) is 0 Å². The Hall–Kier alpha value is -2.47. The first kappa shape index (κ1) is 19.3. The van der Waals surface area contributed by atoms with E-state index in [2.05, 4.69) is 15.2 Å². The van der Waals surface area contributed by atoms with Crippen molar-refractivity contribution >= 4 is 23.5 Å². The minimum atomic E-state index is -0.362. The summed E-state index contributed by atoms with van der Waals surface area (Å²) in [5.41, 5.74) is 1.53. The van der Waals surface area contributed by atoms with Crippen LogP contribution in [0.4, 0.5) is 4.79 Å². The third-order valence-electron chi connectivity index (χ3n) is 4.45. The molecule has 2 aromatic rings. The number of nitrogens with zero attached hydrogens (tertiary/aromatic N) is 2. The van der Waals surface area contributed by atoms with Crippen molar-refractivity contribution in [3.8, 4) is 0 Å². The maximum absolute atomic E-state index is 12.9. The van der Waals surface area contributed by atoms with Gasteiger partial charge in [-0.15, -0.1) is 0 Å². The molecule has 144 valence electrons. The molecular weight excluding hydrogens is 364 g/mol. The largest absolute Gasteiger partial charge is 0.348 e. The number of carbonyl (C=O) groups is 2. The van der Waals surface area contributed by atoms with Crippen molar-refractivity contribution in [1.29, 1.82) is 0 Å². The molecule has 1 aliphatic rings. The summed E-state index contributed by atoms with van der Waals surface area (Å²) >= 11 is 6.43. The van der Waals surface area contributed by atoms with E-state index in [0.29, 0.717) is 18.1 Å². The first-order valence-corrected chi connectivity index (χ1v) is 9.39. The number of rotatable bonds is 3. The standard InChI is InChI=1S/C20H25ClN4O2/c1-20(2,3)23-19(27)22-13-17(26)25-12-11-24-10-6-9-16(24)18(25)14-7-4-5-8-15(14)21/h4-10,18H,11-13H2,1-3H3,(H2,22,23,27)/t18-/m1/s1. The van der Waals surface area contributed by atoms with E-state index in [-0.39, 0.29) is 30.1 Å². The lowest BCUT2D eigenvalue weighted by molar-refractivity contribution is -0.132. The summed E-state index contributed by atoms with van der Waals surface area (Å²) in [7, 11) is 0. The van der Waals surface area contributed by atoms with Gasteiger partial charge in [0, 0.05) is 35.5 Å². The minimum absolute atomic E-state index is 0.0659. The average molecular weight is 389 g/mol. The Morgan fingerprint density at radius 2 is 1.89 bits per heavy atom. The highest BCUT2D eigenvalue weighted by molar-refractivity contribution is 6.31. The van der Waals surface area contributed by atoms with Gasteiger partial charge < -0.3 is 20.1 Å². The summed E-state index contributed by atoms with van der Waals surface area (Å²) in [6, 6.07) is 10.9. The quantitative estimate of drug-likeness (QED) is 0.848. The first-order valence-electron chi connectivity index (χ1n) is 9.01. The molecule has 1 aromatic carbocycles. The van der Waals surface area contributed by atoms with Crippen molar-refractivity contribution in [2.45, 2.75) is 38.9 Å². The smallest absolute Gasteiger partial charge is 0.315 e. The molecule has 0 fully saturated rings. The second-order valence-electron chi connectivity index (χ2n) is 7.70. The zero-order valence-corrected chi connectivity index (χ0v) is 16.6. The molecule has 0 spiro atoms. The topological polar surface area (TPSA) is 66.4 Å². The van der Waals surface area contributed by atoms with Crippen molar-refractivity contribution in [1.82, 2.24) is 20.1 Å². The second-order valence-corrected chi connectivity index (χ2v) is 8.10. The molecule has 2 N–H and O–H groups in total. The molecule has 3 amide bonds. The van der Waals surface area contributed by atoms with Crippen LogP contribution in [0.2, 0.25) is 5.02 Å². The van der Waals surface area contributed by atoms with E-state index < -0.39 is 0 Å². The van der Waals surface area contributed by atoms with Gasteiger partial charge >= 0.3 is 6.03 Å². The minimum Gasteiger partial charge on any atom is -0.348 e. The fraction of sp³-hybridized carbons (Fsp3) is 0.400. The Morgan fingerprint density at radius 3 is 2.59 bits per heavy atom. The highest BCUT2D eigenvalue weighted by Gasteiger charge is 2.33. The van der Waals surface area contributed by atoms with Gasteiger partial charge in [-0.2, -0.15) is 0 Å². The number of fused-ring (bicyclic) bond motifs is 1. The van der Waals surface area contributed by atoms with E-state index in [1.54, 1.807) is 4.90 Å². The van der Waals surface area contributed by atoms with Crippen molar-refractivity contribution in [3.05, 3.63) is 58.9 Å². The number of urea groups is 1. The average Bonchev–Trinajstić information content (AvgIpc) is 3.06. The Balaban J connectivity index is 1.80. The van der Waals surface area contributed by atoms with Gasteiger partial charge in [-0.05, 0) is 44.5 Å². The zero-order chi connectivity index (χ0) is 19.6. The van der Waals surface area contributed by atoms with Crippen molar-refractivity contribution in [2.24, 2.45) is 0 Å². The monoisotopic (exact) mass is 388 g/mol. The lowest BCUT2D eigenvalue weighted by Gasteiger charge is -2.37. The fourth-order valence-electron chi connectivity index (χ4n) is 3.32. The number of nitrogens with one attached hydrogen (secondary N) is 2. The lowest BCUT2D eigenvalue weighted by Crippen LogP contribution is -2.51. The first-order chi connectivity index (χ1) is 12.8. The van der Waals surface area contributed by atoms with Crippen LogP contribution in [-0.2, 0) is 11.3 Å². The van der Waals surface area contributed by atoms with E-state index in [9.17, 15) is 9.59 Å². The van der Waals surface area contributed by atoms with Crippen LogP contribution in [0.25, 0.3) is 0 Å².